The van der Waals surface area contributed by atoms with Gasteiger partial charge in [-0.25, -0.2) is 4.98 Å². The molecular formula is C20H25N5O2. The molecule has 7 nitrogen and oxygen atoms in total. The van der Waals surface area contributed by atoms with Crippen molar-refractivity contribution in [3.63, 3.8) is 0 Å². The van der Waals surface area contributed by atoms with E-state index >= 15 is 0 Å². The van der Waals surface area contributed by atoms with E-state index in [0.717, 1.165) is 48.5 Å². The Hall–Kier alpha value is -2.67. The Morgan fingerprint density at radius 3 is 2.52 bits per heavy atom. The summed E-state index contributed by atoms with van der Waals surface area (Å²) >= 11 is 0. The molecule has 0 radical (unpaired) electrons. The van der Waals surface area contributed by atoms with Crippen molar-refractivity contribution >= 4 is 39.7 Å². The van der Waals surface area contributed by atoms with Gasteiger partial charge in [-0.1, -0.05) is 32.9 Å². The zero-order valence-electron chi connectivity index (χ0n) is 16.2. The second-order valence-electron chi connectivity index (χ2n) is 8.14. The number of likely N-dealkylation sites (N-methyl/N-ethyl adjacent to an activating group) is 1. The van der Waals surface area contributed by atoms with Crippen LogP contribution in [0.3, 0.4) is 0 Å². The van der Waals surface area contributed by atoms with Crippen LogP contribution in [0.25, 0.3) is 22.1 Å². The number of amides is 1. The SMILES string of the molecule is CN1CCN(c2nc(NC(=O)C(C)(C)C)nc3c2oc2ccccc23)CC1. The average molecular weight is 367 g/mol. The molecule has 1 fully saturated rings. The molecule has 0 unspecified atom stereocenters. The van der Waals surface area contributed by atoms with E-state index in [0.29, 0.717) is 11.5 Å². The van der Waals surface area contributed by atoms with Gasteiger partial charge in [0.05, 0.1) is 0 Å². The molecule has 1 N–H and O–H groups in total. The van der Waals surface area contributed by atoms with E-state index in [1.54, 1.807) is 0 Å². The summed E-state index contributed by atoms with van der Waals surface area (Å²) in [6, 6.07) is 7.81. The third-order valence-corrected chi connectivity index (χ3v) is 4.91. The molecule has 7 heteroatoms. The summed E-state index contributed by atoms with van der Waals surface area (Å²) in [4.78, 5) is 26.2. The standard InChI is InChI=1S/C20H25N5O2/c1-20(2,3)18(26)23-19-21-15-13-7-5-6-8-14(13)27-16(15)17(22-19)25-11-9-24(4)10-12-25/h5-8H,9-12H2,1-4H3,(H,21,22,23,26). The summed E-state index contributed by atoms with van der Waals surface area (Å²) in [7, 11) is 2.11. The fourth-order valence-corrected chi connectivity index (χ4v) is 3.15. The number of rotatable bonds is 2. The molecule has 0 bridgehead atoms. The van der Waals surface area contributed by atoms with Gasteiger partial charge in [0.15, 0.2) is 11.4 Å². The van der Waals surface area contributed by atoms with Crippen molar-refractivity contribution in [2.45, 2.75) is 20.8 Å². The molecule has 2 aromatic heterocycles. The lowest BCUT2D eigenvalue weighted by molar-refractivity contribution is -0.123. The first kappa shape index (κ1) is 17.7. The minimum absolute atomic E-state index is 0.112. The Balaban J connectivity index is 1.84. The first-order valence-electron chi connectivity index (χ1n) is 9.27. The number of furan rings is 1. The topological polar surface area (TPSA) is 74.5 Å². The Kier molecular flexibility index (Phi) is 4.26. The number of nitrogens with zero attached hydrogens (tertiary/aromatic N) is 4. The lowest BCUT2D eigenvalue weighted by atomic mass is 9.96. The number of hydrogen-bond acceptors (Lipinski definition) is 6. The summed E-state index contributed by atoms with van der Waals surface area (Å²) in [5.74, 6) is 0.954. The zero-order valence-corrected chi connectivity index (χ0v) is 16.2. The summed E-state index contributed by atoms with van der Waals surface area (Å²) in [5, 5.41) is 3.80. The Morgan fingerprint density at radius 1 is 1.11 bits per heavy atom. The van der Waals surface area contributed by atoms with Crippen LogP contribution in [-0.4, -0.2) is 54.0 Å². The highest BCUT2D eigenvalue weighted by Crippen LogP contribution is 2.34. The number of carbonyl (C=O) groups is 1. The monoisotopic (exact) mass is 367 g/mol. The van der Waals surface area contributed by atoms with Gasteiger partial charge in [0, 0.05) is 37.0 Å². The molecule has 0 aliphatic carbocycles. The van der Waals surface area contributed by atoms with Gasteiger partial charge < -0.3 is 14.2 Å². The minimum Gasteiger partial charge on any atom is -0.450 e. The van der Waals surface area contributed by atoms with Crippen LogP contribution >= 0.6 is 0 Å². The van der Waals surface area contributed by atoms with Crippen LogP contribution < -0.4 is 10.2 Å². The Labute approximate surface area is 158 Å². The van der Waals surface area contributed by atoms with E-state index in [-0.39, 0.29) is 5.91 Å². The summed E-state index contributed by atoms with van der Waals surface area (Å²) < 4.78 is 6.10. The van der Waals surface area contributed by atoms with Crippen LogP contribution in [0.2, 0.25) is 0 Å². The molecule has 27 heavy (non-hydrogen) atoms. The molecule has 1 aliphatic heterocycles. The van der Waals surface area contributed by atoms with E-state index < -0.39 is 5.41 Å². The smallest absolute Gasteiger partial charge is 0.232 e. The van der Waals surface area contributed by atoms with Crippen molar-refractivity contribution in [3.05, 3.63) is 24.3 Å². The normalized spacial score (nSPS) is 16.2. The molecule has 142 valence electrons. The molecule has 3 heterocycles. The first-order chi connectivity index (χ1) is 12.8. The third kappa shape index (κ3) is 3.35. The molecule has 1 aliphatic rings. The van der Waals surface area contributed by atoms with Crippen LogP contribution in [0.5, 0.6) is 0 Å². The van der Waals surface area contributed by atoms with E-state index in [1.165, 1.54) is 0 Å². The summed E-state index contributed by atoms with van der Waals surface area (Å²) in [5.41, 5.74) is 1.66. The molecule has 0 saturated carbocycles. The van der Waals surface area contributed by atoms with Gasteiger partial charge >= 0.3 is 0 Å². The number of piperazine rings is 1. The van der Waals surface area contributed by atoms with E-state index in [9.17, 15) is 4.79 Å². The van der Waals surface area contributed by atoms with E-state index in [1.807, 2.05) is 45.0 Å². The maximum Gasteiger partial charge on any atom is 0.232 e. The number of fused-ring (bicyclic) bond motifs is 3. The number of hydrogen-bond donors (Lipinski definition) is 1. The number of para-hydroxylation sites is 1. The van der Waals surface area contributed by atoms with Gasteiger partial charge in [0.1, 0.15) is 11.1 Å². The van der Waals surface area contributed by atoms with Crippen molar-refractivity contribution in [1.82, 2.24) is 14.9 Å². The molecule has 0 atom stereocenters. The predicted octanol–water partition coefficient (Wildman–Crippen LogP) is 3.11. The number of carbonyl (C=O) groups excluding carboxylic acids is 1. The second-order valence-corrected chi connectivity index (χ2v) is 8.14. The molecule has 3 aromatic rings. The van der Waals surface area contributed by atoms with Crippen molar-refractivity contribution in [2.75, 3.05) is 43.4 Å². The van der Waals surface area contributed by atoms with Crippen LogP contribution in [0, 0.1) is 5.41 Å². The molecule has 1 amide bonds. The van der Waals surface area contributed by atoms with Gasteiger partial charge in [-0.2, -0.15) is 4.98 Å². The van der Waals surface area contributed by atoms with Gasteiger partial charge in [-0.15, -0.1) is 0 Å². The Morgan fingerprint density at radius 2 is 1.81 bits per heavy atom. The van der Waals surface area contributed by atoms with Crippen molar-refractivity contribution < 1.29 is 9.21 Å². The quantitative estimate of drug-likeness (QED) is 0.750. The molecule has 0 spiro atoms. The average Bonchev–Trinajstić information content (AvgIpc) is 3.00. The largest absolute Gasteiger partial charge is 0.450 e. The molecule has 4 rings (SSSR count). The molecule has 1 saturated heterocycles. The maximum absolute atomic E-state index is 12.5. The van der Waals surface area contributed by atoms with Crippen molar-refractivity contribution in [2.24, 2.45) is 5.41 Å². The lowest BCUT2D eigenvalue weighted by Gasteiger charge is -2.33. The summed E-state index contributed by atoms with van der Waals surface area (Å²) in [6.07, 6.45) is 0. The number of aromatic nitrogens is 2. The highest BCUT2D eigenvalue weighted by atomic mass is 16.3. The Bertz CT molecular complexity index is 997. The fourth-order valence-electron chi connectivity index (χ4n) is 3.15. The van der Waals surface area contributed by atoms with Gasteiger partial charge in [0.25, 0.3) is 0 Å². The van der Waals surface area contributed by atoms with Crippen LogP contribution in [0.1, 0.15) is 20.8 Å². The molecular weight excluding hydrogens is 342 g/mol. The zero-order chi connectivity index (χ0) is 19.2. The van der Waals surface area contributed by atoms with Gasteiger partial charge in [-0.05, 0) is 19.2 Å². The van der Waals surface area contributed by atoms with Crippen molar-refractivity contribution in [1.29, 1.82) is 0 Å². The highest BCUT2D eigenvalue weighted by Gasteiger charge is 2.26. The van der Waals surface area contributed by atoms with E-state index in [2.05, 4.69) is 32.1 Å². The van der Waals surface area contributed by atoms with Gasteiger partial charge in [-0.3, -0.25) is 10.1 Å². The number of anilines is 2. The van der Waals surface area contributed by atoms with Crippen LogP contribution in [0.4, 0.5) is 11.8 Å². The van der Waals surface area contributed by atoms with E-state index in [4.69, 9.17) is 4.42 Å². The first-order valence-corrected chi connectivity index (χ1v) is 9.27. The minimum atomic E-state index is -0.523. The second kappa shape index (κ2) is 6.49. The summed E-state index contributed by atoms with van der Waals surface area (Å²) in [6.45, 7) is 9.23. The van der Waals surface area contributed by atoms with Crippen LogP contribution in [0.15, 0.2) is 28.7 Å². The fraction of sp³-hybridized carbons (Fsp3) is 0.450. The van der Waals surface area contributed by atoms with Gasteiger partial charge in [0.2, 0.25) is 11.9 Å². The highest BCUT2D eigenvalue weighted by molar-refractivity contribution is 6.06. The number of benzene rings is 1. The molecule has 1 aromatic carbocycles. The van der Waals surface area contributed by atoms with Crippen molar-refractivity contribution in [3.8, 4) is 0 Å². The lowest BCUT2D eigenvalue weighted by Crippen LogP contribution is -2.45. The number of nitrogens with one attached hydrogen (secondary N) is 1. The predicted molar refractivity (Wildman–Crippen MR) is 107 cm³/mol. The van der Waals surface area contributed by atoms with Crippen LogP contribution in [-0.2, 0) is 4.79 Å². The third-order valence-electron chi connectivity index (χ3n) is 4.91. The maximum atomic E-state index is 12.5.